The molecule has 6 heteroatoms. The zero-order valence-electron chi connectivity index (χ0n) is 11.5. The number of rotatable bonds is 4. The van der Waals surface area contributed by atoms with E-state index in [9.17, 15) is 4.79 Å². The molecule has 6 nitrogen and oxygen atoms in total. The third-order valence-corrected chi connectivity index (χ3v) is 3.20. The Hall–Kier alpha value is -2.89. The van der Waals surface area contributed by atoms with Crippen molar-refractivity contribution in [1.82, 2.24) is 20.0 Å². The van der Waals surface area contributed by atoms with Crippen LogP contribution in [0.4, 0.5) is 0 Å². The first kappa shape index (κ1) is 13.1. The van der Waals surface area contributed by atoms with E-state index in [1.165, 1.54) is 7.11 Å². The van der Waals surface area contributed by atoms with Gasteiger partial charge in [0.2, 0.25) is 0 Å². The van der Waals surface area contributed by atoms with Crippen LogP contribution in [0.15, 0.2) is 53.6 Å². The normalized spacial score (nSPS) is 10.5. The SMILES string of the molecule is COc1c(Cc2cn[nH]n2)ccn(-c2ccccc2)c1=O. The minimum absolute atomic E-state index is 0.190. The van der Waals surface area contributed by atoms with Crippen molar-refractivity contribution in [2.75, 3.05) is 7.11 Å². The van der Waals surface area contributed by atoms with E-state index in [4.69, 9.17) is 4.74 Å². The molecule has 21 heavy (non-hydrogen) atoms. The molecule has 0 atom stereocenters. The van der Waals surface area contributed by atoms with Crippen LogP contribution in [0, 0.1) is 0 Å². The van der Waals surface area contributed by atoms with Crippen molar-refractivity contribution in [3.63, 3.8) is 0 Å². The van der Waals surface area contributed by atoms with E-state index in [1.54, 1.807) is 17.0 Å². The summed E-state index contributed by atoms with van der Waals surface area (Å²) in [7, 11) is 1.50. The van der Waals surface area contributed by atoms with E-state index in [2.05, 4.69) is 15.4 Å². The Balaban J connectivity index is 2.05. The highest BCUT2D eigenvalue weighted by atomic mass is 16.5. The molecule has 0 aliphatic carbocycles. The zero-order valence-corrected chi connectivity index (χ0v) is 11.5. The fraction of sp³-hybridized carbons (Fsp3) is 0.133. The topological polar surface area (TPSA) is 72.8 Å². The Bertz CT molecular complexity index is 779. The molecule has 0 radical (unpaired) electrons. The van der Waals surface area contributed by atoms with Gasteiger partial charge in [-0.15, -0.1) is 0 Å². The van der Waals surface area contributed by atoms with Gasteiger partial charge in [-0.3, -0.25) is 9.36 Å². The van der Waals surface area contributed by atoms with E-state index in [0.29, 0.717) is 12.2 Å². The quantitative estimate of drug-likeness (QED) is 0.788. The molecular weight excluding hydrogens is 268 g/mol. The van der Waals surface area contributed by atoms with Crippen molar-refractivity contribution >= 4 is 0 Å². The van der Waals surface area contributed by atoms with Gasteiger partial charge < -0.3 is 4.74 Å². The maximum atomic E-state index is 12.5. The molecule has 2 aromatic heterocycles. The first-order chi connectivity index (χ1) is 10.3. The summed E-state index contributed by atoms with van der Waals surface area (Å²) in [6.45, 7) is 0. The Morgan fingerprint density at radius 2 is 2.05 bits per heavy atom. The van der Waals surface area contributed by atoms with Crippen molar-refractivity contribution < 1.29 is 4.74 Å². The molecule has 3 rings (SSSR count). The van der Waals surface area contributed by atoms with Crippen LogP contribution in [0.2, 0.25) is 0 Å². The zero-order chi connectivity index (χ0) is 14.7. The lowest BCUT2D eigenvalue weighted by Gasteiger charge is -2.11. The van der Waals surface area contributed by atoms with Gasteiger partial charge in [0.25, 0.3) is 5.56 Å². The lowest BCUT2D eigenvalue weighted by molar-refractivity contribution is 0.402. The molecule has 0 amide bonds. The van der Waals surface area contributed by atoms with Crippen molar-refractivity contribution in [3.05, 3.63) is 70.4 Å². The molecule has 1 aromatic carbocycles. The standard InChI is InChI=1S/C15H14N4O2/c1-21-14-11(9-12-10-16-18-17-12)7-8-19(15(14)20)13-5-3-2-4-6-13/h2-8,10H,9H2,1H3,(H,16,17,18). The summed E-state index contributed by atoms with van der Waals surface area (Å²) in [6, 6.07) is 11.3. The van der Waals surface area contributed by atoms with Crippen molar-refractivity contribution in [2.24, 2.45) is 0 Å². The first-order valence-electron chi connectivity index (χ1n) is 6.48. The van der Waals surface area contributed by atoms with Crippen LogP contribution in [0.1, 0.15) is 11.3 Å². The predicted octanol–water partition coefficient (Wildman–Crippen LogP) is 1.55. The maximum Gasteiger partial charge on any atom is 0.297 e. The van der Waals surface area contributed by atoms with Crippen molar-refractivity contribution in [2.45, 2.75) is 6.42 Å². The number of hydrogen-bond donors (Lipinski definition) is 1. The summed E-state index contributed by atoms with van der Waals surface area (Å²) >= 11 is 0. The molecule has 2 heterocycles. The minimum atomic E-state index is -0.190. The summed E-state index contributed by atoms with van der Waals surface area (Å²) in [5.41, 5.74) is 2.15. The number of aromatic amines is 1. The van der Waals surface area contributed by atoms with E-state index in [1.807, 2.05) is 36.4 Å². The number of benzene rings is 1. The number of methoxy groups -OCH3 is 1. The van der Waals surface area contributed by atoms with Crippen molar-refractivity contribution in [3.8, 4) is 11.4 Å². The van der Waals surface area contributed by atoms with Crippen molar-refractivity contribution in [1.29, 1.82) is 0 Å². The number of H-pyrrole nitrogens is 1. The average Bonchev–Trinajstić information content (AvgIpc) is 3.02. The molecule has 0 unspecified atom stereocenters. The van der Waals surface area contributed by atoms with Crippen LogP contribution < -0.4 is 10.3 Å². The fourth-order valence-electron chi connectivity index (χ4n) is 2.21. The molecular formula is C15H14N4O2. The summed E-state index contributed by atoms with van der Waals surface area (Å²) in [5.74, 6) is 0.323. The number of ether oxygens (including phenoxy) is 1. The number of para-hydroxylation sites is 1. The Labute approximate surface area is 121 Å². The van der Waals surface area contributed by atoms with Gasteiger partial charge in [-0.2, -0.15) is 15.4 Å². The van der Waals surface area contributed by atoms with Crippen LogP contribution in [0.5, 0.6) is 5.75 Å². The monoisotopic (exact) mass is 282 g/mol. The fourth-order valence-corrected chi connectivity index (χ4v) is 2.21. The summed E-state index contributed by atoms with van der Waals surface area (Å²) in [6.07, 6.45) is 3.86. The third-order valence-electron chi connectivity index (χ3n) is 3.20. The maximum absolute atomic E-state index is 12.5. The molecule has 3 aromatic rings. The summed E-state index contributed by atoms with van der Waals surface area (Å²) in [4.78, 5) is 12.5. The van der Waals surface area contributed by atoms with Crippen LogP contribution in [0.3, 0.4) is 0 Å². The van der Waals surface area contributed by atoms with Gasteiger partial charge in [-0.05, 0) is 18.2 Å². The van der Waals surface area contributed by atoms with Crippen LogP contribution in [-0.4, -0.2) is 27.1 Å². The lowest BCUT2D eigenvalue weighted by atomic mass is 10.1. The Morgan fingerprint density at radius 3 is 2.71 bits per heavy atom. The van der Waals surface area contributed by atoms with Crippen LogP contribution in [0.25, 0.3) is 5.69 Å². The first-order valence-corrected chi connectivity index (χ1v) is 6.48. The van der Waals surface area contributed by atoms with Crippen LogP contribution >= 0.6 is 0 Å². The van der Waals surface area contributed by atoms with Gasteiger partial charge in [0.15, 0.2) is 5.75 Å². The lowest BCUT2D eigenvalue weighted by Crippen LogP contribution is -2.20. The Kier molecular flexibility index (Phi) is 3.51. The van der Waals surface area contributed by atoms with E-state index in [0.717, 1.165) is 16.9 Å². The minimum Gasteiger partial charge on any atom is -0.491 e. The van der Waals surface area contributed by atoms with Gasteiger partial charge in [-0.25, -0.2) is 0 Å². The molecule has 106 valence electrons. The Morgan fingerprint density at radius 1 is 1.24 bits per heavy atom. The number of hydrogen-bond acceptors (Lipinski definition) is 4. The molecule has 0 spiro atoms. The predicted molar refractivity (Wildman–Crippen MR) is 77.8 cm³/mol. The van der Waals surface area contributed by atoms with Gasteiger partial charge in [-0.1, -0.05) is 18.2 Å². The van der Waals surface area contributed by atoms with E-state index < -0.39 is 0 Å². The molecule has 0 saturated carbocycles. The second-order valence-corrected chi connectivity index (χ2v) is 4.52. The number of nitrogens with zero attached hydrogens (tertiary/aromatic N) is 3. The molecule has 0 saturated heterocycles. The number of nitrogens with one attached hydrogen (secondary N) is 1. The van der Waals surface area contributed by atoms with Gasteiger partial charge in [0, 0.05) is 23.9 Å². The van der Waals surface area contributed by atoms with E-state index in [-0.39, 0.29) is 5.56 Å². The molecule has 0 bridgehead atoms. The largest absolute Gasteiger partial charge is 0.491 e. The van der Waals surface area contributed by atoms with E-state index >= 15 is 0 Å². The molecule has 0 aliphatic rings. The second kappa shape index (κ2) is 5.62. The number of aromatic nitrogens is 4. The van der Waals surface area contributed by atoms with Crippen LogP contribution in [-0.2, 0) is 6.42 Å². The highest BCUT2D eigenvalue weighted by molar-refractivity contribution is 5.39. The van der Waals surface area contributed by atoms with Gasteiger partial charge >= 0.3 is 0 Å². The second-order valence-electron chi connectivity index (χ2n) is 4.52. The smallest absolute Gasteiger partial charge is 0.297 e. The average molecular weight is 282 g/mol. The molecule has 0 fully saturated rings. The van der Waals surface area contributed by atoms with Gasteiger partial charge in [0.05, 0.1) is 19.0 Å². The summed E-state index contributed by atoms with van der Waals surface area (Å²) < 4.78 is 6.86. The molecule has 0 aliphatic heterocycles. The third kappa shape index (κ3) is 2.55. The molecule has 1 N–H and O–H groups in total. The number of pyridine rings is 1. The highest BCUT2D eigenvalue weighted by Crippen LogP contribution is 2.17. The van der Waals surface area contributed by atoms with Gasteiger partial charge in [0.1, 0.15) is 0 Å². The summed E-state index contributed by atoms with van der Waals surface area (Å²) in [5, 5.41) is 10.3. The highest BCUT2D eigenvalue weighted by Gasteiger charge is 2.13.